The van der Waals surface area contributed by atoms with Gasteiger partial charge in [0.1, 0.15) is 6.04 Å². The van der Waals surface area contributed by atoms with Gasteiger partial charge in [-0.25, -0.2) is 4.79 Å². The van der Waals surface area contributed by atoms with E-state index < -0.39 is 6.04 Å². The normalized spacial score (nSPS) is 14.0. The number of nitrogens with one attached hydrogen (secondary N) is 2. The third-order valence-electron chi connectivity index (χ3n) is 5.14. The minimum atomic E-state index is -0.581. The molecule has 0 unspecified atom stereocenters. The van der Waals surface area contributed by atoms with Gasteiger partial charge < -0.3 is 15.5 Å². The maximum absolute atomic E-state index is 13.1. The van der Waals surface area contributed by atoms with Crippen LogP contribution in [0.1, 0.15) is 30.5 Å². The minimum Gasteiger partial charge on any atom is -0.326 e. The van der Waals surface area contributed by atoms with Gasteiger partial charge in [0.05, 0.1) is 0 Å². The molecule has 0 radical (unpaired) electrons. The van der Waals surface area contributed by atoms with Crippen LogP contribution >= 0.6 is 0 Å². The van der Waals surface area contributed by atoms with Gasteiger partial charge >= 0.3 is 6.03 Å². The Morgan fingerprint density at radius 1 is 1.04 bits per heavy atom. The van der Waals surface area contributed by atoms with Crippen molar-refractivity contribution in [2.45, 2.75) is 40.2 Å². The Bertz CT molecular complexity index is 860. The monoisotopic (exact) mass is 365 g/mol. The van der Waals surface area contributed by atoms with Crippen molar-refractivity contribution in [2.24, 2.45) is 5.92 Å². The van der Waals surface area contributed by atoms with E-state index in [1.165, 1.54) is 11.1 Å². The van der Waals surface area contributed by atoms with Crippen LogP contribution in [0.15, 0.2) is 42.5 Å². The second-order valence-electron chi connectivity index (χ2n) is 7.49. The van der Waals surface area contributed by atoms with E-state index in [0.717, 1.165) is 23.4 Å². The molecule has 0 saturated carbocycles. The Morgan fingerprint density at radius 3 is 2.48 bits per heavy atom. The molecular formula is C22H27N3O2. The van der Waals surface area contributed by atoms with Crippen LogP contribution in [0.3, 0.4) is 0 Å². The maximum Gasteiger partial charge on any atom is 0.319 e. The predicted octanol–water partition coefficient (Wildman–Crippen LogP) is 4.04. The van der Waals surface area contributed by atoms with Gasteiger partial charge in [0.25, 0.3) is 0 Å². The number of nitrogens with zero attached hydrogens (tertiary/aromatic N) is 1. The third kappa shape index (κ3) is 4.13. The standard InChI is InChI=1S/C22H27N3O2/c1-14(2)20(21(26)25-12-11-17-7-5-6-8-19(17)25)24-22(27)23-18-10-9-15(3)16(4)13-18/h5-10,13-14,20H,11-12H2,1-4H3,(H2,23,24,27)/t20-/m0/s1. The van der Waals surface area contributed by atoms with Crippen LogP contribution in [0.5, 0.6) is 0 Å². The molecule has 2 N–H and O–H groups in total. The van der Waals surface area contributed by atoms with Gasteiger partial charge in [-0.15, -0.1) is 0 Å². The molecule has 0 spiro atoms. The predicted molar refractivity (Wildman–Crippen MR) is 109 cm³/mol. The molecule has 1 aliphatic rings. The van der Waals surface area contributed by atoms with Crippen molar-refractivity contribution in [2.75, 3.05) is 16.8 Å². The Hall–Kier alpha value is -2.82. The number of para-hydroxylation sites is 1. The van der Waals surface area contributed by atoms with E-state index in [4.69, 9.17) is 0 Å². The molecule has 1 atom stereocenters. The molecule has 2 aromatic carbocycles. The van der Waals surface area contributed by atoms with Crippen molar-refractivity contribution in [1.82, 2.24) is 5.32 Å². The summed E-state index contributed by atoms with van der Waals surface area (Å²) in [6.07, 6.45) is 0.849. The zero-order valence-corrected chi connectivity index (χ0v) is 16.4. The maximum atomic E-state index is 13.1. The van der Waals surface area contributed by atoms with Crippen LogP contribution in [0.25, 0.3) is 0 Å². The number of fused-ring (bicyclic) bond motifs is 1. The first-order chi connectivity index (χ1) is 12.9. The van der Waals surface area contributed by atoms with Crippen LogP contribution < -0.4 is 15.5 Å². The van der Waals surface area contributed by atoms with Crippen LogP contribution in [0.2, 0.25) is 0 Å². The number of carbonyl (C=O) groups excluding carboxylic acids is 2. The van der Waals surface area contributed by atoms with E-state index in [1.807, 2.05) is 70.2 Å². The molecule has 0 saturated heterocycles. The van der Waals surface area contributed by atoms with Gasteiger partial charge in [0.15, 0.2) is 0 Å². The van der Waals surface area contributed by atoms with E-state index >= 15 is 0 Å². The van der Waals surface area contributed by atoms with Gasteiger partial charge in [-0.3, -0.25) is 4.79 Å². The molecule has 5 heteroatoms. The number of rotatable bonds is 4. The highest BCUT2D eigenvalue weighted by molar-refractivity contribution is 6.02. The SMILES string of the molecule is Cc1ccc(NC(=O)N[C@H](C(=O)N2CCc3ccccc32)C(C)C)cc1C. The quantitative estimate of drug-likeness (QED) is 0.859. The summed E-state index contributed by atoms with van der Waals surface area (Å²) in [5.41, 5.74) is 5.12. The second kappa shape index (κ2) is 7.82. The van der Waals surface area contributed by atoms with Crippen molar-refractivity contribution in [3.8, 4) is 0 Å². The Balaban J connectivity index is 1.71. The van der Waals surface area contributed by atoms with Crippen molar-refractivity contribution >= 4 is 23.3 Å². The molecule has 0 aliphatic carbocycles. The average molecular weight is 365 g/mol. The highest BCUT2D eigenvalue weighted by Gasteiger charge is 2.32. The molecule has 1 aliphatic heterocycles. The van der Waals surface area contributed by atoms with Gasteiger partial charge in [0.2, 0.25) is 5.91 Å². The zero-order valence-electron chi connectivity index (χ0n) is 16.4. The number of aryl methyl sites for hydroxylation is 2. The van der Waals surface area contributed by atoms with Crippen molar-refractivity contribution < 1.29 is 9.59 Å². The smallest absolute Gasteiger partial charge is 0.319 e. The first-order valence-electron chi connectivity index (χ1n) is 9.41. The number of hydrogen-bond donors (Lipinski definition) is 2. The summed E-state index contributed by atoms with van der Waals surface area (Å²) in [6, 6.07) is 12.8. The molecule has 27 heavy (non-hydrogen) atoms. The second-order valence-corrected chi connectivity index (χ2v) is 7.49. The Labute approximate surface area is 160 Å². The molecule has 3 amide bonds. The largest absolute Gasteiger partial charge is 0.326 e. The Morgan fingerprint density at radius 2 is 1.78 bits per heavy atom. The van der Waals surface area contributed by atoms with Gasteiger partial charge in [-0.1, -0.05) is 38.1 Å². The number of benzene rings is 2. The lowest BCUT2D eigenvalue weighted by molar-refractivity contribution is -0.121. The lowest BCUT2D eigenvalue weighted by atomic mass is 10.0. The van der Waals surface area contributed by atoms with Gasteiger partial charge in [-0.2, -0.15) is 0 Å². The van der Waals surface area contributed by atoms with Gasteiger partial charge in [0, 0.05) is 17.9 Å². The number of urea groups is 1. The lowest BCUT2D eigenvalue weighted by Crippen LogP contribution is -2.52. The fourth-order valence-electron chi connectivity index (χ4n) is 3.38. The summed E-state index contributed by atoms with van der Waals surface area (Å²) in [7, 11) is 0. The molecular weight excluding hydrogens is 338 g/mol. The molecule has 1 heterocycles. The average Bonchev–Trinajstić information content (AvgIpc) is 3.06. The van der Waals surface area contributed by atoms with E-state index in [2.05, 4.69) is 10.6 Å². The first kappa shape index (κ1) is 19.0. The van der Waals surface area contributed by atoms with E-state index in [0.29, 0.717) is 6.54 Å². The zero-order chi connectivity index (χ0) is 19.6. The first-order valence-corrected chi connectivity index (χ1v) is 9.41. The van der Waals surface area contributed by atoms with Crippen LogP contribution in [0, 0.1) is 19.8 Å². The Kier molecular flexibility index (Phi) is 5.49. The summed E-state index contributed by atoms with van der Waals surface area (Å²) >= 11 is 0. The molecule has 2 aromatic rings. The highest BCUT2D eigenvalue weighted by atomic mass is 16.2. The number of anilines is 2. The topological polar surface area (TPSA) is 61.4 Å². The lowest BCUT2D eigenvalue weighted by Gasteiger charge is -2.27. The van der Waals surface area contributed by atoms with E-state index in [-0.39, 0.29) is 17.9 Å². The molecule has 0 aromatic heterocycles. The van der Waals surface area contributed by atoms with Crippen LogP contribution in [-0.4, -0.2) is 24.5 Å². The summed E-state index contributed by atoms with van der Waals surface area (Å²) < 4.78 is 0. The summed E-state index contributed by atoms with van der Waals surface area (Å²) in [5, 5.41) is 5.70. The van der Waals surface area contributed by atoms with Crippen LogP contribution in [0.4, 0.5) is 16.2 Å². The molecule has 142 valence electrons. The number of hydrogen-bond acceptors (Lipinski definition) is 2. The molecule has 0 bridgehead atoms. The number of amides is 3. The minimum absolute atomic E-state index is 0.0178. The van der Waals surface area contributed by atoms with Crippen LogP contribution in [-0.2, 0) is 11.2 Å². The van der Waals surface area contributed by atoms with Gasteiger partial charge in [-0.05, 0) is 61.1 Å². The summed E-state index contributed by atoms with van der Waals surface area (Å²) in [6.45, 7) is 8.58. The van der Waals surface area contributed by atoms with Crippen molar-refractivity contribution in [3.05, 3.63) is 59.2 Å². The molecule has 0 fully saturated rings. The van der Waals surface area contributed by atoms with Crippen molar-refractivity contribution in [1.29, 1.82) is 0 Å². The van der Waals surface area contributed by atoms with E-state index in [1.54, 1.807) is 4.90 Å². The fraction of sp³-hybridized carbons (Fsp3) is 0.364. The molecule has 5 nitrogen and oxygen atoms in total. The highest BCUT2D eigenvalue weighted by Crippen LogP contribution is 2.28. The van der Waals surface area contributed by atoms with Crippen molar-refractivity contribution in [3.63, 3.8) is 0 Å². The summed E-state index contributed by atoms with van der Waals surface area (Å²) in [4.78, 5) is 27.4. The summed E-state index contributed by atoms with van der Waals surface area (Å²) in [5.74, 6) is -0.0825. The molecule has 3 rings (SSSR count). The fourth-order valence-corrected chi connectivity index (χ4v) is 3.38. The third-order valence-corrected chi connectivity index (χ3v) is 5.14. The van der Waals surface area contributed by atoms with E-state index in [9.17, 15) is 9.59 Å². The number of carbonyl (C=O) groups is 2.